The molecule has 0 radical (unpaired) electrons. The molecule has 27 heavy (non-hydrogen) atoms. The number of rotatable bonds is 6. The van der Waals surface area contributed by atoms with E-state index in [1.807, 2.05) is 55.5 Å². The van der Waals surface area contributed by atoms with E-state index < -0.39 is 5.97 Å². The third kappa shape index (κ3) is 4.31. The summed E-state index contributed by atoms with van der Waals surface area (Å²) in [7, 11) is 1.34. The van der Waals surface area contributed by atoms with Crippen molar-refractivity contribution in [2.45, 2.75) is 25.9 Å². The van der Waals surface area contributed by atoms with Gasteiger partial charge in [-0.15, -0.1) is 0 Å². The second kappa shape index (κ2) is 8.27. The molecule has 0 aliphatic heterocycles. The van der Waals surface area contributed by atoms with E-state index in [2.05, 4.69) is 5.32 Å². The van der Waals surface area contributed by atoms with E-state index in [0.717, 1.165) is 16.5 Å². The molecular weight excluding hydrogens is 364 g/mol. The number of nitrogens with zero attached hydrogens (tertiary/aromatic N) is 1. The Kier molecular flexibility index (Phi) is 5.81. The van der Waals surface area contributed by atoms with Crippen LogP contribution in [0.3, 0.4) is 0 Å². The molecule has 0 aliphatic carbocycles. The molecule has 1 N–H and O–H groups in total. The molecule has 140 valence electrons. The summed E-state index contributed by atoms with van der Waals surface area (Å²) in [6.07, 6.45) is 2.31. The summed E-state index contributed by atoms with van der Waals surface area (Å²) < 4.78 is 6.60. The van der Waals surface area contributed by atoms with Crippen molar-refractivity contribution in [3.05, 3.63) is 70.9 Å². The normalized spacial score (nSPS) is 12.0. The summed E-state index contributed by atoms with van der Waals surface area (Å²) >= 11 is 6.19. The number of benzene rings is 2. The largest absolute Gasteiger partial charge is 0.465 e. The Bertz CT molecular complexity index is 980. The highest BCUT2D eigenvalue weighted by atomic mass is 35.5. The van der Waals surface area contributed by atoms with Crippen molar-refractivity contribution in [1.82, 2.24) is 9.88 Å². The van der Waals surface area contributed by atoms with Crippen molar-refractivity contribution in [2.24, 2.45) is 0 Å². The van der Waals surface area contributed by atoms with Gasteiger partial charge >= 0.3 is 5.97 Å². The quantitative estimate of drug-likeness (QED) is 0.657. The van der Waals surface area contributed by atoms with Crippen LogP contribution in [0.2, 0.25) is 5.02 Å². The van der Waals surface area contributed by atoms with Gasteiger partial charge < -0.3 is 14.6 Å². The maximum atomic E-state index is 12.5. The predicted octanol–water partition coefficient (Wildman–Crippen LogP) is 3.83. The first kappa shape index (κ1) is 19.0. The highest BCUT2D eigenvalue weighted by Crippen LogP contribution is 2.22. The van der Waals surface area contributed by atoms with Gasteiger partial charge in [0.1, 0.15) is 6.54 Å². The van der Waals surface area contributed by atoms with Crippen molar-refractivity contribution in [3.63, 3.8) is 0 Å². The Labute approximate surface area is 162 Å². The fourth-order valence-electron chi connectivity index (χ4n) is 3.17. The number of halogens is 1. The number of methoxy groups -OCH3 is 1. The van der Waals surface area contributed by atoms with Crippen LogP contribution in [0.1, 0.15) is 22.8 Å². The average Bonchev–Trinajstić information content (AvgIpc) is 3.01. The highest BCUT2D eigenvalue weighted by Gasteiger charge is 2.17. The Hall–Kier alpha value is -2.79. The van der Waals surface area contributed by atoms with Crippen molar-refractivity contribution in [3.8, 4) is 0 Å². The van der Waals surface area contributed by atoms with E-state index >= 15 is 0 Å². The molecule has 3 aromatic rings. The number of carbonyl (C=O) groups is 2. The molecule has 6 heteroatoms. The van der Waals surface area contributed by atoms with Crippen LogP contribution < -0.4 is 5.32 Å². The van der Waals surface area contributed by atoms with Gasteiger partial charge in [-0.05, 0) is 31.0 Å². The zero-order valence-electron chi connectivity index (χ0n) is 15.2. The minimum Gasteiger partial charge on any atom is -0.465 e. The average molecular weight is 385 g/mol. The fourth-order valence-corrected chi connectivity index (χ4v) is 3.38. The number of hydrogen-bond acceptors (Lipinski definition) is 3. The third-order valence-corrected chi connectivity index (χ3v) is 4.77. The summed E-state index contributed by atoms with van der Waals surface area (Å²) in [6, 6.07) is 15.0. The van der Waals surface area contributed by atoms with Gasteiger partial charge in [-0.3, -0.25) is 4.79 Å². The van der Waals surface area contributed by atoms with E-state index in [1.165, 1.54) is 7.11 Å². The smallest absolute Gasteiger partial charge is 0.340 e. The third-order valence-electron chi connectivity index (χ3n) is 4.40. The Morgan fingerprint density at radius 3 is 2.59 bits per heavy atom. The van der Waals surface area contributed by atoms with Crippen LogP contribution in [-0.2, 0) is 22.5 Å². The number of nitrogens with one attached hydrogen (secondary N) is 1. The Balaban J connectivity index is 1.72. The maximum Gasteiger partial charge on any atom is 0.340 e. The number of fused-ring (bicyclic) bond motifs is 1. The van der Waals surface area contributed by atoms with Crippen LogP contribution in [0.4, 0.5) is 0 Å². The van der Waals surface area contributed by atoms with Crippen LogP contribution in [0.5, 0.6) is 0 Å². The molecule has 0 fully saturated rings. The molecule has 0 unspecified atom stereocenters. The van der Waals surface area contributed by atoms with E-state index in [9.17, 15) is 9.59 Å². The first-order valence-corrected chi connectivity index (χ1v) is 9.06. The number of ether oxygens (including phenoxy) is 1. The summed E-state index contributed by atoms with van der Waals surface area (Å²) in [5.41, 5.74) is 2.25. The molecule has 1 atom stereocenters. The van der Waals surface area contributed by atoms with E-state index in [-0.39, 0.29) is 18.5 Å². The number of hydrogen-bond donors (Lipinski definition) is 1. The number of esters is 1. The topological polar surface area (TPSA) is 60.3 Å². The van der Waals surface area contributed by atoms with Gasteiger partial charge in [0, 0.05) is 28.2 Å². The van der Waals surface area contributed by atoms with Crippen LogP contribution in [0.15, 0.2) is 54.7 Å². The molecule has 1 amide bonds. The van der Waals surface area contributed by atoms with Gasteiger partial charge in [-0.1, -0.05) is 48.0 Å². The molecule has 0 saturated heterocycles. The van der Waals surface area contributed by atoms with E-state index in [0.29, 0.717) is 17.0 Å². The maximum absolute atomic E-state index is 12.5. The second-order valence-electron chi connectivity index (χ2n) is 6.44. The Morgan fingerprint density at radius 2 is 1.85 bits per heavy atom. The monoisotopic (exact) mass is 384 g/mol. The van der Waals surface area contributed by atoms with E-state index in [1.54, 1.807) is 10.8 Å². The molecule has 5 nitrogen and oxygen atoms in total. The number of aromatic nitrogens is 1. The van der Waals surface area contributed by atoms with E-state index in [4.69, 9.17) is 16.3 Å². The standard InChI is InChI=1S/C21H21ClN2O3/c1-14(11-15-7-3-5-9-18(15)22)23-20(25)13-24-12-17(21(26)27-2)16-8-4-6-10-19(16)24/h3-10,12,14H,11,13H2,1-2H3,(H,23,25)/t14-/m0/s1. The summed E-state index contributed by atoms with van der Waals surface area (Å²) in [4.78, 5) is 24.5. The molecule has 2 aromatic carbocycles. The zero-order chi connectivity index (χ0) is 19.4. The number of amides is 1. The predicted molar refractivity (Wildman–Crippen MR) is 106 cm³/mol. The number of carbonyl (C=O) groups excluding carboxylic acids is 2. The lowest BCUT2D eigenvalue weighted by Crippen LogP contribution is -2.36. The van der Waals surface area contributed by atoms with Crippen LogP contribution in [0, 0.1) is 0 Å². The second-order valence-corrected chi connectivity index (χ2v) is 6.85. The van der Waals surface area contributed by atoms with Crippen molar-refractivity contribution < 1.29 is 14.3 Å². The van der Waals surface area contributed by atoms with Crippen LogP contribution in [-0.4, -0.2) is 29.6 Å². The highest BCUT2D eigenvalue weighted by molar-refractivity contribution is 6.31. The van der Waals surface area contributed by atoms with Gasteiger partial charge in [-0.25, -0.2) is 4.79 Å². The van der Waals surface area contributed by atoms with Gasteiger partial charge in [0.25, 0.3) is 0 Å². The molecule has 1 heterocycles. The summed E-state index contributed by atoms with van der Waals surface area (Å²) in [6.45, 7) is 2.05. The van der Waals surface area contributed by atoms with Gasteiger partial charge in [0.2, 0.25) is 5.91 Å². The van der Waals surface area contributed by atoms with Crippen molar-refractivity contribution in [2.75, 3.05) is 7.11 Å². The molecule has 3 rings (SSSR count). The molecule has 0 bridgehead atoms. The zero-order valence-corrected chi connectivity index (χ0v) is 16.0. The van der Waals surface area contributed by atoms with Gasteiger partial charge in [0.05, 0.1) is 12.7 Å². The van der Waals surface area contributed by atoms with Gasteiger partial charge in [-0.2, -0.15) is 0 Å². The molecule has 0 spiro atoms. The molecule has 0 aliphatic rings. The summed E-state index contributed by atoms with van der Waals surface area (Å²) in [5, 5.41) is 4.44. The van der Waals surface area contributed by atoms with Crippen LogP contribution >= 0.6 is 11.6 Å². The fraction of sp³-hybridized carbons (Fsp3) is 0.238. The van der Waals surface area contributed by atoms with Crippen LogP contribution in [0.25, 0.3) is 10.9 Å². The molecule has 1 aromatic heterocycles. The van der Waals surface area contributed by atoms with Crippen molar-refractivity contribution in [1.29, 1.82) is 0 Å². The first-order valence-electron chi connectivity index (χ1n) is 8.68. The SMILES string of the molecule is COC(=O)c1cn(CC(=O)N[C@@H](C)Cc2ccccc2Cl)c2ccccc12. The number of para-hydroxylation sites is 1. The molecular formula is C21H21ClN2O3. The first-order chi connectivity index (χ1) is 13.0. The summed E-state index contributed by atoms with van der Waals surface area (Å²) in [5.74, 6) is -0.552. The Morgan fingerprint density at radius 1 is 1.15 bits per heavy atom. The van der Waals surface area contributed by atoms with Crippen molar-refractivity contribution >= 4 is 34.4 Å². The minimum absolute atomic E-state index is 0.0701. The van der Waals surface area contributed by atoms with Gasteiger partial charge in [0.15, 0.2) is 0 Å². The molecule has 0 saturated carbocycles. The lowest BCUT2D eigenvalue weighted by atomic mass is 10.1. The lowest BCUT2D eigenvalue weighted by Gasteiger charge is -2.15. The lowest BCUT2D eigenvalue weighted by molar-refractivity contribution is -0.122. The minimum atomic E-state index is -0.419.